The van der Waals surface area contributed by atoms with Crippen molar-refractivity contribution in [3.63, 3.8) is 0 Å². The number of sulfonamides is 1. The second kappa shape index (κ2) is 6.09. The van der Waals surface area contributed by atoms with Crippen LogP contribution < -0.4 is 10.5 Å². The largest absolute Gasteiger partial charge is 0.399 e. The molecule has 1 aromatic rings. The maximum Gasteiger partial charge on any atom is 0.242 e. The van der Waals surface area contributed by atoms with Crippen molar-refractivity contribution >= 4 is 27.3 Å². The first-order valence-electron chi connectivity index (χ1n) is 6.15. The molecule has 1 aromatic carbocycles. The summed E-state index contributed by atoms with van der Waals surface area (Å²) in [5.74, 6) is 0. The lowest BCUT2D eigenvalue weighted by Crippen LogP contribution is -2.35. The minimum atomic E-state index is -3.62. The fraction of sp³-hybridized carbons (Fsp3) is 0.500. The van der Waals surface area contributed by atoms with Crippen LogP contribution in [0.4, 0.5) is 5.69 Å². The van der Waals surface area contributed by atoms with Crippen molar-refractivity contribution < 1.29 is 13.2 Å². The molecule has 0 saturated carbocycles. The first-order valence-corrected chi connectivity index (χ1v) is 8.01. The molecule has 106 valence electrons. The molecule has 0 spiro atoms. The molecule has 19 heavy (non-hydrogen) atoms. The molecule has 1 unspecified atom stereocenters. The van der Waals surface area contributed by atoms with Crippen LogP contribution in [0.5, 0.6) is 0 Å². The van der Waals surface area contributed by atoms with E-state index < -0.39 is 10.0 Å². The third kappa shape index (κ3) is 3.82. The summed E-state index contributed by atoms with van der Waals surface area (Å²) in [6, 6.07) is 4.34. The Morgan fingerprint density at radius 3 is 2.84 bits per heavy atom. The van der Waals surface area contributed by atoms with Gasteiger partial charge < -0.3 is 10.5 Å². The second-order valence-electron chi connectivity index (χ2n) is 4.53. The van der Waals surface area contributed by atoms with Crippen LogP contribution in [0.2, 0.25) is 5.02 Å². The van der Waals surface area contributed by atoms with Crippen LogP contribution in [0.1, 0.15) is 19.3 Å². The molecule has 1 aliphatic rings. The normalized spacial score (nSPS) is 20.4. The van der Waals surface area contributed by atoms with Gasteiger partial charge in [-0.1, -0.05) is 11.6 Å². The quantitative estimate of drug-likeness (QED) is 0.831. The maximum absolute atomic E-state index is 12.1. The van der Waals surface area contributed by atoms with E-state index in [2.05, 4.69) is 4.72 Å². The Morgan fingerprint density at radius 2 is 2.21 bits per heavy atom. The number of halogens is 1. The predicted molar refractivity (Wildman–Crippen MR) is 74.6 cm³/mol. The van der Waals surface area contributed by atoms with Crippen LogP contribution in [0.3, 0.4) is 0 Å². The van der Waals surface area contributed by atoms with Gasteiger partial charge in [-0.25, -0.2) is 13.1 Å². The summed E-state index contributed by atoms with van der Waals surface area (Å²) in [6.45, 7) is 0.956. The van der Waals surface area contributed by atoms with Crippen molar-refractivity contribution in [2.24, 2.45) is 0 Å². The highest BCUT2D eigenvalue weighted by molar-refractivity contribution is 7.89. The molecule has 1 fully saturated rings. The lowest BCUT2D eigenvalue weighted by atomic mass is 10.1. The molecule has 2 rings (SSSR count). The first kappa shape index (κ1) is 14.6. The molecule has 0 bridgehead atoms. The lowest BCUT2D eigenvalue weighted by molar-refractivity contribution is 0.0200. The van der Waals surface area contributed by atoms with Crippen molar-refractivity contribution in [2.45, 2.75) is 30.3 Å². The van der Waals surface area contributed by atoms with Gasteiger partial charge in [-0.15, -0.1) is 0 Å². The minimum Gasteiger partial charge on any atom is -0.399 e. The van der Waals surface area contributed by atoms with Gasteiger partial charge in [0.15, 0.2) is 0 Å². The molecule has 5 nitrogen and oxygen atoms in total. The van der Waals surface area contributed by atoms with Crippen molar-refractivity contribution in [2.75, 3.05) is 18.9 Å². The Labute approximate surface area is 118 Å². The van der Waals surface area contributed by atoms with Gasteiger partial charge in [0.1, 0.15) is 4.90 Å². The van der Waals surface area contributed by atoms with E-state index in [1.807, 2.05) is 0 Å². The first-order chi connectivity index (χ1) is 8.99. The molecule has 0 amide bonds. The summed E-state index contributed by atoms with van der Waals surface area (Å²) < 4.78 is 32.2. The maximum atomic E-state index is 12.1. The average Bonchev–Trinajstić information content (AvgIpc) is 2.37. The fourth-order valence-corrected chi connectivity index (χ4v) is 3.60. The van der Waals surface area contributed by atoms with E-state index in [1.54, 1.807) is 0 Å². The molecule has 0 radical (unpaired) electrons. The summed E-state index contributed by atoms with van der Waals surface area (Å²) in [7, 11) is -3.62. The highest BCUT2D eigenvalue weighted by Crippen LogP contribution is 2.23. The van der Waals surface area contributed by atoms with E-state index in [4.69, 9.17) is 22.1 Å². The van der Waals surface area contributed by atoms with Crippen LogP contribution in [0.25, 0.3) is 0 Å². The van der Waals surface area contributed by atoms with Gasteiger partial charge in [-0.05, 0) is 37.5 Å². The van der Waals surface area contributed by atoms with Crippen molar-refractivity contribution in [3.8, 4) is 0 Å². The van der Waals surface area contributed by atoms with Crippen molar-refractivity contribution in [3.05, 3.63) is 23.2 Å². The van der Waals surface area contributed by atoms with Crippen LogP contribution in [0, 0.1) is 0 Å². The topological polar surface area (TPSA) is 81.4 Å². The van der Waals surface area contributed by atoms with Gasteiger partial charge in [-0.3, -0.25) is 0 Å². The molecule has 0 aliphatic carbocycles. The van der Waals surface area contributed by atoms with Crippen molar-refractivity contribution in [1.82, 2.24) is 4.72 Å². The third-order valence-electron chi connectivity index (χ3n) is 3.02. The van der Waals surface area contributed by atoms with E-state index in [0.29, 0.717) is 12.3 Å². The van der Waals surface area contributed by atoms with Crippen LogP contribution >= 0.6 is 11.6 Å². The SMILES string of the molecule is Nc1ccc(S(=O)(=O)NCC2CCCCO2)c(Cl)c1. The van der Waals surface area contributed by atoms with E-state index in [9.17, 15) is 8.42 Å². The zero-order chi connectivity index (χ0) is 13.9. The summed E-state index contributed by atoms with van der Waals surface area (Å²) in [4.78, 5) is 0.0409. The number of nitrogens with two attached hydrogens (primary N) is 1. The number of benzene rings is 1. The number of hydrogen-bond acceptors (Lipinski definition) is 4. The Bertz CT molecular complexity index is 542. The highest BCUT2D eigenvalue weighted by atomic mass is 35.5. The minimum absolute atomic E-state index is 0.0409. The van der Waals surface area contributed by atoms with E-state index >= 15 is 0 Å². The van der Waals surface area contributed by atoms with Gasteiger partial charge in [0.2, 0.25) is 10.0 Å². The molecular weight excluding hydrogens is 288 g/mol. The second-order valence-corrected chi connectivity index (χ2v) is 6.67. The monoisotopic (exact) mass is 304 g/mol. The van der Waals surface area contributed by atoms with Gasteiger partial charge in [0, 0.05) is 18.8 Å². The van der Waals surface area contributed by atoms with Crippen LogP contribution in [-0.2, 0) is 14.8 Å². The molecule has 0 aromatic heterocycles. The fourth-order valence-electron chi connectivity index (χ4n) is 1.98. The van der Waals surface area contributed by atoms with Gasteiger partial charge in [0.05, 0.1) is 11.1 Å². The smallest absolute Gasteiger partial charge is 0.242 e. The van der Waals surface area contributed by atoms with Crippen molar-refractivity contribution in [1.29, 1.82) is 0 Å². The predicted octanol–water partition coefficient (Wildman–Crippen LogP) is 1.77. The molecule has 3 N–H and O–H groups in total. The summed E-state index contributed by atoms with van der Waals surface area (Å²) >= 11 is 5.91. The summed E-state index contributed by atoms with van der Waals surface area (Å²) in [6.07, 6.45) is 2.91. The summed E-state index contributed by atoms with van der Waals surface area (Å²) in [5.41, 5.74) is 5.97. The molecule has 1 heterocycles. The summed E-state index contributed by atoms with van der Waals surface area (Å²) in [5, 5.41) is 0.122. The van der Waals surface area contributed by atoms with E-state index in [-0.39, 0.29) is 22.6 Å². The zero-order valence-electron chi connectivity index (χ0n) is 10.4. The van der Waals surface area contributed by atoms with Gasteiger partial charge in [0.25, 0.3) is 0 Å². The zero-order valence-corrected chi connectivity index (χ0v) is 12.0. The molecule has 1 saturated heterocycles. The number of rotatable bonds is 4. The van der Waals surface area contributed by atoms with E-state index in [0.717, 1.165) is 19.3 Å². The third-order valence-corrected chi connectivity index (χ3v) is 4.93. The van der Waals surface area contributed by atoms with Gasteiger partial charge >= 0.3 is 0 Å². The van der Waals surface area contributed by atoms with Crippen LogP contribution in [-0.4, -0.2) is 27.7 Å². The molecular formula is C12H17ClN2O3S. The average molecular weight is 305 g/mol. The number of ether oxygens (including phenoxy) is 1. The van der Waals surface area contributed by atoms with Crippen LogP contribution in [0.15, 0.2) is 23.1 Å². The van der Waals surface area contributed by atoms with Gasteiger partial charge in [-0.2, -0.15) is 0 Å². The Hall–Kier alpha value is -0.820. The number of nitrogens with one attached hydrogen (secondary N) is 1. The molecule has 1 aliphatic heterocycles. The lowest BCUT2D eigenvalue weighted by Gasteiger charge is -2.22. The number of anilines is 1. The molecule has 1 atom stereocenters. The van der Waals surface area contributed by atoms with E-state index in [1.165, 1.54) is 18.2 Å². The number of hydrogen-bond donors (Lipinski definition) is 2. The highest BCUT2D eigenvalue weighted by Gasteiger charge is 2.21. The molecule has 7 heteroatoms. The Balaban J connectivity index is 2.05. The number of nitrogen functional groups attached to an aromatic ring is 1. The Morgan fingerprint density at radius 1 is 1.42 bits per heavy atom. The standard InChI is InChI=1S/C12H17ClN2O3S/c13-11-7-9(14)4-5-12(11)19(16,17)15-8-10-3-1-2-6-18-10/h4-5,7,10,15H,1-3,6,8,14H2. The Kier molecular flexibility index (Phi) is 4.67.